The van der Waals surface area contributed by atoms with Crippen molar-refractivity contribution in [3.05, 3.63) is 99.7 Å². The number of rotatable bonds is 5. The molecule has 0 aliphatic carbocycles. The molecule has 0 saturated carbocycles. The molecule has 0 radical (unpaired) electrons. The summed E-state index contributed by atoms with van der Waals surface area (Å²) >= 11 is 12.0. The molecular weight excluding hydrogens is 447 g/mol. The number of nitrogens with zero attached hydrogens (tertiary/aromatic N) is 1. The molecule has 0 aliphatic rings. The fraction of sp³-hybridized carbons (Fsp3) is 0.0417. The van der Waals surface area contributed by atoms with E-state index in [1.165, 1.54) is 6.07 Å². The number of aromatic amines is 1. The van der Waals surface area contributed by atoms with Crippen molar-refractivity contribution in [2.45, 2.75) is 6.92 Å². The SMILES string of the molecule is C/C(=N/NC(=O)c1c[nH]c2ccccc12)c1ccc(NC(=O)c2ccc(Cl)cc2Cl)cc1. The van der Waals surface area contributed by atoms with Crippen molar-refractivity contribution in [2.75, 3.05) is 5.32 Å². The van der Waals surface area contributed by atoms with Crippen LogP contribution in [0.4, 0.5) is 5.69 Å². The van der Waals surface area contributed by atoms with E-state index in [1.54, 1.807) is 49.5 Å². The Labute approximate surface area is 194 Å². The van der Waals surface area contributed by atoms with E-state index in [9.17, 15) is 9.59 Å². The summed E-state index contributed by atoms with van der Waals surface area (Å²) in [4.78, 5) is 28.0. The molecule has 6 nitrogen and oxygen atoms in total. The predicted molar refractivity (Wildman–Crippen MR) is 129 cm³/mol. The van der Waals surface area contributed by atoms with E-state index in [2.05, 4.69) is 20.8 Å². The highest BCUT2D eigenvalue weighted by Gasteiger charge is 2.12. The van der Waals surface area contributed by atoms with Gasteiger partial charge in [0.25, 0.3) is 11.8 Å². The molecule has 32 heavy (non-hydrogen) atoms. The average Bonchev–Trinajstić information content (AvgIpc) is 3.22. The van der Waals surface area contributed by atoms with Gasteiger partial charge in [0.2, 0.25) is 0 Å². The minimum absolute atomic E-state index is 0.278. The van der Waals surface area contributed by atoms with Crippen LogP contribution in [0.15, 0.2) is 78.0 Å². The number of carbonyl (C=O) groups excluding carboxylic acids is 2. The minimum Gasteiger partial charge on any atom is -0.360 e. The van der Waals surface area contributed by atoms with Gasteiger partial charge in [0.15, 0.2) is 0 Å². The quantitative estimate of drug-likeness (QED) is 0.254. The largest absolute Gasteiger partial charge is 0.360 e. The van der Waals surface area contributed by atoms with Crippen LogP contribution in [0, 0.1) is 0 Å². The smallest absolute Gasteiger partial charge is 0.273 e. The third-order valence-corrected chi connectivity index (χ3v) is 5.44. The van der Waals surface area contributed by atoms with Crippen LogP contribution < -0.4 is 10.7 Å². The molecule has 0 atom stereocenters. The number of benzene rings is 3. The number of hydrazone groups is 1. The number of nitrogens with one attached hydrogen (secondary N) is 3. The molecule has 160 valence electrons. The van der Waals surface area contributed by atoms with Crippen LogP contribution >= 0.6 is 23.2 Å². The number of para-hydroxylation sites is 1. The lowest BCUT2D eigenvalue weighted by molar-refractivity contribution is 0.0955. The van der Waals surface area contributed by atoms with Crippen molar-refractivity contribution in [1.29, 1.82) is 0 Å². The first-order valence-corrected chi connectivity index (χ1v) is 10.5. The van der Waals surface area contributed by atoms with Crippen LogP contribution in [0.1, 0.15) is 33.2 Å². The molecule has 2 amide bonds. The number of hydrogen-bond acceptors (Lipinski definition) is 3. The Morgan fingerprint density at radius 3 is 2.41 bits per heavy atom. The van der Waals surface area contributed by atoms with E-state index in [1.807, 2.05) is 24.3 Å². The zero-order chi connectivity index (χ0) is 22.7. The van der Waals surface area contributed by atoms with Crippen LogP contribution in [0.2, 0.25) is 10.0 Å². The summed E-state index contributed by atoms with van der Waals surface area (Å²) in [6, 6.07) is 19.4. The summed E-state index contributed by atoms with van der Waals surface area (Å²) in [5.41, 5.74) is 6.35. The second-order valence-corrected chi connectivity index (χ2v) is 7.89. The lowest BCUT2D eigenvalue weighted by Gasteiger charge is -2.08. The molecule has 0 bridgehead atoms. The van der Waals surface area contributed by atoms with Gasteiger partial charge in [-0.05, 0) is 48.9 Å². The molecule has 0 spiro atoms. The summed E-state index contributed by atoms with van der Waals surface area (Å²) in [7, 11) is 0. The number of amides is 2. The molecular formula is C24H18Cl2N4O2. The monoisotopic (exact) mass is 464 g/mol. The van der Waals surface area contributed by atoms with Crippen molar-refractivity contribution < 1.29 is 9.59 Å². The number of carbonyl (C=O) groups is 2. The van der Waals surface area contributed by atoms with E-state index in [-0.39, 0.29) is 16.8 Å². The second kappa shape index (κ2) is 9.26. The van der Waals surface area contributed by atoms with Crippen LogP contribution in [-0.4, -0.2) is 22.5 Å². The van der Waals surface area contributed by atoms with E-state index < -0.39 is 0 Å². The summed E-state index contributed by atoms with van der Waals surface area (Å²) in [6.07, 6.45) is 1.66. The van der Waals surface area contributed by atoms with Gasteiger partial charge in [-0.25, -0.2) is 5.43 Å². The maximum absolute atomic E-state index is 12.5. The maximum Gasteiger partial charge on any atom is 0.273 e. The van der Waals surface area contributed by atoms with Gasteiger partial charge in [0, 0.05) is 27.8 Å². The third-order valence-electron chi connectivity index (χ3n) is 4.90. The molecule has 1 heterocycles. The van der Waals surface area contributed by atoms with Gasteiger partial charge in [-0.1, -0.05) is 53.5 Å². The lowest BCUT2D eigenvalue weighted by atomic mass is 10.1. The normalized spacial score (nSPS) is 11.4. The number of anilines is 1. The van der Waals surface area contributed by atoms with Gasteiger partial charge in [-0.15, -0.1) is 0 Å². The van der Waals surface area contributed by atoms with Crippen molar-refractivity contribution >= 4 is 57.3 Å². The molecule has 0 aliphatic heterocycles. The fourth-order valence-electron chi connectivity index (χ4n) is 3.19. The Hall–Kier alpha value is -3.61. The number of aromatic nitrogens is 1. The van der Waals surface area contributed by atoms with Gasteiger partial charge < -0.3 is 10.3 Å². The number of halogens is 2. The molecule has 0 unspecified atom stereocenters. The highest BCUT2D eigenvalue weighted by atomic mass is 35.5. The lowest BCUT2D eigenvalue weighted by Crippen LogP contribution is -2.19. The second-order valence-electron chi connectivity index (χ2n) is 7.04. The van der Waals surface area contributed by atoms with Crippen LogP contribution in [0.25, 0.3) is 10.9 Å². The minimum atomic E-state index is -0.337. The van der Waals surface area contributed by atoms with Gasteiger partial charge in [-0.3, -0.25) is 9.59 Å². The van der Waals surface area contributed by atoms with Gasteiger partial charge in [0.05, 0.1) is 21.9 Å². The Balaban J connectivity index is 1.42. The summed E-state index contributed by atoms with van der Waals surface area (Å²) < 4.78 is 0. The number of H-pyrrole nitrogens is 1. The summed E-state index contributed by atoms with van der Waals surface area (Å²) in [6.45, 7) is 1.79. The Bertz CT molecular complexity index is 1340. The van der Waals surface area contributed by atoms with Crippen molar-refractivity contribution in [3.63, 3.8) is 0 Å². The standard InChI is InChI=1S/C24H18Cl2N4O2/c1-14(29-30-24(32)20-13-27-22-5-3-2-4-18(20)22)15-6-9-17(10-7-15)28-23(31)19-11-8-16(25)12-21(19)26/h2-13,27H,1H3,(H,28,31)(H,30,32)/b29-14-. The molecule has 3 aromatic carbocycles. The summed E-state index contributed by atoms with van der Waals surface area (Å²) in [5, 5.41) is 8.56. The predicted octanol–water partition coefficient (Wildman–Crippen LogP) is 5.88. The van der Waals surface area contributed by atoms with E-state index >= 15 is 0 Å². The zero-order valence-electron chi connectivity index (χ0n) is 16.9. The van der Waals surface area contributed by atoms with Crippen LogP contribution in [0.3, 0.4) is 0 Å². The Kier molecular flexibility index (Phi) is 6.25. The van der Waals surface area contributed by atoms with E-state index in [4.69, 9.17) is 23.2 Å². The molecule has 0 saturated heterocycles. The van der Waals surface area contributed by atoms with E-state index in [0.29, 0.717) is 27.5 Å². The number of fused-ring (bicyclic) bond motifs is 1. The fourth-order valence-corrected chi connectivity index (χ4v) is 3.68. The average molecular weight is 465 g/mol. The highest BCUT2D eigenvalue weighted by molar-refractivity contribution is 6.37. The maximum atomic E-state index is 12.5. The Morgan fingerprint density at radius 1 is 0.906 bits per heavy atom. The number of hydrogen-bond donors (Lipinski definition) is 3. The van der Waals surface area contributed by atoms with Crippen molar-refractivity contribution in [1.82, 2.24) is 10.4 Å². The first-order valence-electron chi connectivity index (χ1n) is 9.70. The summed E-state index contributed by atoms with van der Waals surface area (Å²) in [5.74, 6) is -0.638. The molecule has 0 fully saturated rings. The van der Waals surface area contributed by atoms with Gasteiger partial charge >= 0.3 is 0 Å². The van der Waals surface area contributed by atoms with Crippen molar-refractivity contribution in [2.24, 2.45) is 5.10 Å². The first-order chi connectivity index (χ1) is 15.4. The molecule has 4 rings (SSSR count). The zero-order valence-corrected chi connectivity index (χ0v) is 18.5. The molecule has 1 aromatic heterocycles. The molecule has 3 N–H and O–H groups in total. The molecule has 4 aromatic rings. The van der Waals surface area contributed by atoms with Gasteiger partial charge in [-0.2, -0.15) is 5.10 Å². The topological polar surface area (TPSA) is 86.3 Å². The van der Waals surface area contributed by atoms with E-state index in [0.717, 1.165) is 16.5 Å². The van der Waals surface area contributed by atoms with Crippen LogP contribution in [-0.2, 0) is 0 Å². The van der Waals surface area contributed by atoms with Crippen LogP contribution in [0.5, 0.6) is 0 Å². The molecule has 8 heteroatoms. The van der Waals surface area contributed by atoms with Crippen molar-refractivity contribution in [3.8, 4) is 0 Å². The highest BCUT2D eigenvalue weighted by Crippen LogP contribution is 2.22. The Morgan fingerprint density at radius 2 is 1.66 bits per heavy atom. The third kappa shape index (κ3) is 4.66. The van der Waals surface area contributed by atoms with Gasteiger partial charge in [0.1, 0.15) is 0 Å². The first kappa shape index (κ1) is 21.6.